The summed E-state index contributed by atoms with van der Waals surface area (Å²) in [6.07, 6.45) is 2.94. The van der Waals surface area contributed by atoms with Crippen molar-refractivity contribution in [3.63, 3.8) is 0 Å². The van der Waals surface area contributed by atoms with Crippen molar-refractivity contribution in [2.45, 2.75) is 13.3 Å². The first-order valence-electron chi connectivity index (χ1n) is 4.21. The minimum absolute atomic E-state index is 0.418. The molecular formula is C9H12N2O2. The third-order valence-electron chi connectivity index (χ3n) is 1.52. The molecule has 0 bridgehead atoms. The Hall–Kier alpha value is -1.29. The molecule has 4 nitrogen and oxygen atoms in total. The lowest BCUT2D eigenvalue weighted by atomic mass is 10.4. The molecule has 1 rings (SSSR count). The van der Waals surface area contributed by atoms with Crippen LogP contribution in [0.3, 0.4) is 0 Å². The quantitative estimate of drug-likeness (QED) is 0.498. The van der Waals surface area contributed by atoms with E-state index in [0.717, 1.165) is 0 Å². The Morgan fingerprint density at radius 2 is 2.46 bits per heavy atom. The zero-order valence-corrected chi connectivity index (χ0v) is 7.56. The standard InChI is InChI=1S/C9H12N2O2/c1-2-13-6-4-9-10-5-3-8(7-12)11-9/h3,5,7H,2,4,6H2,1H3. The lowest BCUT2D eigenvalue weighted by molar-refractivity contribution is 0.111. The summed E-state index contributed by atoms with van der Waals surface area (Å²) in [6, 6.07) is 1.58. The van der Waals surface area contributed by atoms with Gasteiger partial charge in [0.25, 0.3) is 0 Å². The minimum atomic E-state index is 0.418. The van der Waals surface area contributed by atoms with Crippen LogP contribution < -0.4 is 0 Å². The Kier molecular flexibility index (Phi) is 4.05. The van der Waals surface area contributed by atoms with Crippen LogP contribution in [0.1, 0.15) is 23.2 Å². The van der Waals surface area contributed by atoms with Crippen molar-refractivity contribution in [2.24, 2.45) is 0 Å². The van der Waals surface area contributed by atoms with Gasteiger partial charge in [0.05, 0.1) is 6.61 Å². The molecule has 13 heavy (non-hydrogen) atoms. The van der Waals surface area contributed by atoms with Gasteiger partial charge in [-0.1, -0.05) is 0 Å². The number of hydrogen-bond acceptors (Lipinski definition) is 4. The van der Waals surface area contributed by atoms with E-state index in [0.29, 0.717) is 37.4 Å². The van der Waals surface area contributed by atoms with Crippen LogP contribution in [0.5, 0.6) is 0 Å². The van der Waals surface area contributed by atoms with E-state index in [-0.39, 0.29) is 0 Å². The van der Waals surface area contributed by atoms with Crippen LogP contribution in [0, 0.1) is 0 Å². The Balaban J connectivity index is 2.51. The third-order valence-corrected chi connectivity index (χ3v) is 1.52. The van der Waals surface area contributed by atoms with Crippen molar-refractivity contribution in [1.82, 2.24) is 9.97 Å². The zero-order chi connectivity index (χ0) is 9.52. The van der Waals surface area contributed by atoms with Gasteiger partial charge in [-0.2, -0.15) is 0 Å². The predicted octanol–water partition coefficient (Wildman–Crippen LogP) is 0.868. The normalized spacial score (nSPS) is 9.92. The fourth-order valence-electron chi connectivity index (χ4n) is 0.909. The number of hydrogen-bond donors (Lipinski definition) is 0. The van der Waals surface area contributed by atoms with Crippen molar-refractivity contribution >= 4 is 6.29 Å². The third kappa shape index (κ3) is 3.29. The van der Waals surface area contributed by atoms with Gasteiger partial charge in [-0.05, 0) is 13.0 Å². The topological polar surface area (TPSA) is 52.1 Å². The molecule has 0 aliphatic heterocycles. The molecule has 0 saturated heterocycles. The van der Waals surface area contributed by atoms with Gasteiger partial charge in [0, 0.05) is 19.2 Å². The van der Waals surface area contributed by atoms with Gasteiger partial charge in [-0.3, -0.25) is 4.79 Å². The van der Waals surface area contributed by atoms with Crippen LogP contribution in [-0.2, 0) is 11.2 Å². The van der Waals surface area contributed by atoms with E-state index in [9.17, 15) is 4.79 Å². The maximum Gasteiger partial charge on any atom is 0.168 e. The van der Waals surface area contributed by atoms with Gasteiger partial charge in [0.1, 0.15) is 11.5 Å². The fraction of sp³-hybridized carbons (Fsp3) is 0.444. The van der Waals surface area contributed by atoms with Gasteiger partial charge in [-0.15, -0.1) is 0 Å². The molecule has 0 unspecified atom stereocenters. The molecule has 0 spiro atoms. The molecule has 1 heterocycles. The van der Waals surface area contributed by atoms with Crippen molar-refractivity contribution < 1.29 is 9.53 Å². The maximum absolute atomic E-state index is 10.4. The molecule has 0 aliphatic rings. The van der Waals surface area contributed by atoms with E-state index in [1.165, 1.54) is 0 Å². The summed E-state index contributed by atoms with van der Waals surface area (Å²) < 4.78 is 5.14. The van der Waals surface area contributed by atoms with E-state index < -0.39 is 0 Å². The van der Waals surface area contributed by atoms with E-state index in [2.05, 4.69) is 9.97 Å². The number of aromatic nitrogens is 2. The molecule has 0 saturated carbocycles. The van der Waals surface area contributed by atoms with Crippen LogP contribution in [0.2, 0.25) is 0 Å². The Morgan fingerprint density at radius 3 is 3.15 bits per heavy atom. The Morgan fingerprint density at radius 1 is 1.62 bits per heavy atom. The van der Waals surface area contributed by atoms with E-state index in [1.807, 2.05) is 6.92 Å². The van der Waals surface area contributed by atoms with Crippen molar-refractivity contribution in [3.8, 4) is 0 Å². The molecule has 0 fully saturated rings. The van der Waals surface area contributed by atoms with Gasteiger partial charge < -0.3 is 4.74 Å². The molecule has 0 aromatic carbocycles. The monoisotopic (exact) mass is 180 g/mol. The predicted molar refractivity (Wildman–Crippen MR) is 47.6 cm³/mol. The Labute approximate surface area is 77.0 Å². The summed E-state index contributed by atoms with van der Waals surface area (Å²) in [7, 11) is 0. The molecule has 0 radical (unpaired) electrons. The molecule has 4 heteroatoms. The van der Waals surface area contributed by atoms with E-state index in [4.69, 9.17) is 4.74 Å². The van der Waals surface area contributed by atoms with Gasteiger partial charge in [0.2, 0.25) is 0 Å². The summed E-state index contributed by atoms with van der Waals surface area (Å²) in [6.45, 7) is 3.22. The van der Waals surface area contributed by atoms with Gasteiger partial charge >= 0.3 is 0 Å². The highest BCUT2D eigenvalue weighted by Crippen LogP contribution is 1.94. The maximum atomic E-state index is 10.4. The second kappa shape index (κ2) is 5.37. The first-order valence-corrected chi connectivity index (χ1v) is 4.21. The van der Waals surface area contributed by atoms with E-state index >= 15 is 0 Å². The molecular weight excluding hydrogens is 168 g/mol. The second-order valence-corrected chi connectivity index (χ2v) is 2.46. The minimum Gasteiger partial charge on any atom is -0.381 e. The summed E-state index contributed by atoms with van der Waals surface area (Å²) in [5.74, 6) is 0.651. The van der Waals surface area contributed by atoms with Crippen molar-refractivity contribution in [3.05, 3.63) is 23.8 Å². The molecule has 0 aliphatic carbocycles. The highest BCUT2D eigenvalue weighted by atomic mass is 16.5. The number of rotatable bonds is 5. The lowest BCUT2D eigenvalue weighted by Crippen LogP contribution is -2.03. The van der Waals surface area contributed by atoms with Gasteiger partial charge in [-0.25, -0.2) is 9.97 Å². The summed E-state index contributed by atoms with van der Waals surface area (Å²) in [5, 5.41) is 0. The van der Waals surface area contributed by atoms with Gasteiger partial charge in [0.15, 0.2) is 6.29 Å². The highest BCUT2D eigenvalue weighted by Gasteiger charge is 1.97. The first kappa shape index (κ1) is 9.80. The molecule has 1 aromatic heterocycles. The summed E-state index contributed by atoms with van der Waals surface area (Å²) >= 11 is 0. The second-order valence-electron chi connectivity index (χ2n) is 2.46. The average molecular weight is 180 g/mol. The van der Waals surface area contributed by atoms with E-state index in [1.54, 1.807) is 12.3 Å². The number of nitrogens with zero attached hydrogens (tertiary/aromatic N) is 2. The van der Waals surface area contributed by atoms with Crippen molar-refractivity contribution in [2.75, 3.05) is 13.2 Å². The fourth-order valence-corrected chi connectivity index (χ4v) is 0.909. The van der Waals surface area contributed by atoms with Crippen LogP contribution in [0.4, 0.5) is 0 Å². The summed E-state index contributed by atoms with van der Waals surface area (Å²) in [5.41, 5.74) is 0.418. The number of ether oxygens (including phenoxy) is 1. The molecule has 0 N–H and O–H groups in total. The number of aldehydes is 1. The SMILES string of the molecule is CCOCCc1nccc(C=O)n1. The highest BCUT2D eigenvalue weighted by molar-refractivity contribution is 5.71. The Bertz CT molecular complexity index is 276. The first-order chi connectivity index (χ1) is 6.36. The summed E-state index contributed by atoms with van der Waals surface area (Å²) in [4.78, 5) is 18.4. The molecule has 0 atom stereocenters. The van der Waals surface area contributed by atoms with Crippen LogP contribution in [0.25, 0.3) is 0 Å². The average Bonchev–Trinajstić information content (AvgIpc) is 2.19. The van der Waals surface area contributed by atoms with Crippen LogP contribution in [-0.4, -0.2) is 29.5 Å². The van der Waals surface area contributed by atoms with Crippen molar-refractivity contribution in [1.29, 1.82) is 0 Å². The molecule has 1 aromatic rings. The van der Waals surface area contributed by atoms with Crippen LogP contribution >= 0.6 is 0 Å². The number of carbonyl (C=O) groups is 1. The number of carbonyl (C=O) groups excluding carboxylic acids is 1. The molecule has 0 amide bonds. The van der Waals surface area contributed by atoms with Crippen LogP contribution in [0.15, 0.2) is 12.3 Å². The zero-order valence-electron chi connectivity index (χ0n) is 7.56. The largest absolute Gasteiger partial charge is 0.381 e. The smallest absolute Gasteiger partial charge is 0.168 e. The molecule has 70 valence electrons. The lowest BCUT2D eigenvalue weighted by Gasteiger charge is -1.99.